The number of anilines is 2. The van der Waals surface area contributed by atoms with Gasteiger partial charge in [0.05, 0.1) is 11.8 Å². The predicted molar refractivity (Wildman–Crippen MR) is 141 cm³/mol. The van der Waals surface area contributed by atoms with Gasteiger partial charge in [-0.15, -0.1) is 0 Å². The van der Waals surface area contributed by atoms with Crippen LogP contribution in [0.1, 0.15) is 46.7 Å². The summed E-state index contributed by atoms with van der Waals surface area (Å²) in [5.74, 6) is 0.179. The maximum absolute atomic E-state index is 12.7. The molecule has 3 rings (SSSR count). The fraction of sp³-hybridized carbons (Fsp3) is 0.577. The topological polar surface area (TPSA) is 84.3 Å². The Labute approximate surface area is 208 Å². The number of nitriles is 1. The van der Waals surface area contributed by atoms with Crippen LogP contribution >= 0.6 is 11.5 Å². The third kappa shape index (κ3) is 6.49. The number of nitrogens with zero attached hydrogens (tertiary/aromatic N) is 4. The van der Waals surface area contributed by atoms with Crippen LogP contribution in [0.15, 0.2) is 24.3 Å². The van der Waals surface area contributed by atoms with Crippen molar-refractivity contribution in [3.05, 3.63) is 30.0 Å². The van der Waals surface area contributed by atoms with Crippen LogP contribution in [0.3, 0.4) is 0 Å². The van der Waals surface area contributed by atoms with Crippen molar-refractivity contribution in [1.29, 1.82) is 5.26 Å². The lowest BCUT2D eigenvalue weighted by molar-refractivity contribution is -0.121. The molecule has 1 aromatic heterocycles. The van der Waals surface area contributed by atoms with Gasteiger partial charge in [0.25, 0.3) is 0 Å². The minimum atomic E-state index is -0.412. The van der Waals surface area contributed by atoms with Crippen molar-refractivity contribution in [1.82, 2.24) is 14.6 Å². The standard InChI is InChI=1S/C26H38N6OS/c1-18(2)17-22(24(33)28-12-11-27)29-25-23(19(3)30-34-25)20-7-9-21(10-8-20)31-13-15-32(16-14-31)26(4,5)6/h7-10,18,22,29H,12-17H2,1-6H3,(H,28,33)/t22-/m0/s1. The molecule has 184 valence electrons. The molecule has 7 nitrogen and oxygen atoms in total. The van der Waals surface area contributed by atoms with Crippen molar-refractivity contribution in [2.75, 3.05) is 42.9 Å². The van der Waals surface area contributed by atoms with Gasteiger partial charge < -0.3 is 15.5 Å². The van der Waals surface area contributed by atoms with Crippen LogP contribution < -0.4 is 15.5 Å². The molecule has 0 saturated carbocycles. The maximum Gasteiger partial charge on any atom is 0.243 e. The lowest BCUT2D eigenvalue weighted by atomic mass is 10.0. The van der Waals surface area contributed by atoms with Crippen LogP contribution in [0, 0.1) is 24.2 Å². The first kappa shape index (κ1) is 26.0. The predicted octanol–water partition coefficient (Wildman–Crippen LogP) is 4.51. The normalized spacial score (nSPS) is 15.8. The Morgan fingerprint density at radius 1 is 1.18 bits per heavy atom. The Balaban J connectivity index is 1.75. The van der Waals surface area contributed by atoms with E-state index in [0.29, 0.717) is 12.3 Å². The van der Waals surface area contributed by atoms with Crippen molar-refractivity contribution in [3.8, 4) is 17.2 Å². The summed E-state index contributed by atoms with van der Waals surface area (Å²) in [7, 11) is 0. The molecule has 0 unspecified atom stereocenters. The van der Waals surface area contributed by atoms with Crippen LogP contribution in [0.4, 0.5) is 10.7 Å². The van der Waals surface area contributed by atoms with Gasteiger partial charge >= 0.3 is 0 Å². The molecule has 0 aliphatic carbocycles. The van der Waals surface area contributed by atoms with E-state index in [1.54, 1.807) is 0 Å². The molecule has 1 atom stereocenters. The Morgan fingerprint density at radius 2 is 1.82 bits per heavy atom. The highest BCUT2D eigenvalue weighted by atomic mass is 32.1. The number of benzene rings is 1. The average molecular weight is 483 g/mol. The van der Waals surface area contributed by atoms with Gasteiger partial charge in [0.1, 0.15) is 17.6 Å². The van der Waals surface area contributed by atoms with Crippen LogP contribution in [0.25, 0.3) is 11.1 Å². The number of hydrogen-bond donors (Lipinski definition) is 2. The summed E-state index contributed by atoms with van der Waals surface area (Å²) in [6.07, 6.45) is 0.674. The number of rotatable bonds is 8. The summed E-state index contributed by atoms with van der Waals surface area (Å²) in [4.78, 5) is 17.6. The highest BCUT2D eigenvalue weighted by Gasteiger charge is 2.26. The summed E-state index contributed by atoms with van der Waals surface area (Å²) in [6, 6.07) is 10.3. The largest absolute Gasteiger partial charge is 0.369 e. The van der Waals surface area contributed by atoms with E-state index < -0.39 is 6.04 Å². The molecule has 1 saturated heterocycles. The zero-order chi connectivity index (χ0) is 24.9. The molecule has 1 fully saturated rings. The summed E-state index contributed by atoms with van der Waals surface area (Å²) < 4.78 is 4.57. The number of piperazine rings is 1. The van der Waals surface area contributed by atoms with Crippen LogP contribution in [0.5, 0.6) is 0 Å². The minimum Gasteiger partial charge on any atom is -0.369 e. The number of nitrogens with one attached hydrogen (secondary N) is 2. The fourth-order valence-electron chi connectivity index (χ4n) is 4.39. The molecule has 1 aliphatic heterocycles. The summed E-state index contributed by atoms with van der Waals surface area (Å²) in [6.45, 7) is 17.2. The number of carbonyl (C=O) groups is 1. The second-order valence-electron chi connectivity index (χ2n) is 10.4. The first-order valence-corrected chi connectivity index (χ1v) is 12.9. The van der Waals surface area contributed by atoms with E-state index in [2.05, 4.69) is 83.7 Å². The van der Waals surface area contributed by atoms with Crippen molar-refractivity contribution in [2.24, 2.45) is 5.92 Å². The third-order valence-electron chi connectivity index (χ3n) is 6.28. The van der Waals surface area contributed by atoms with E-state index in [0.717, 1.165) is 48.0 Å². The Bertz CT molecular complexity index is 994. The molecule has 34 heavy (non-hydrogen) atoms. The second-order valence-corrected chi connectivity index (χ2v) is 11.1. The van der Waals surface area contributed by atoms with Crippen molar-refractivity contribution in [2.45, 2.75) is 59.5 Å². The van der Waals surface area contributed by atoms with E-state index in [-0.39, 0.29) is 18.0 Å². The van der Waals surface area contributed by atoms with Gasteiger partial charge in [-0.25, -0.2) is 0 Å². The molecule has 1 aromatic carbocycles. The highest BCUT2D eigenvalue weighted by molar-refractivity contribution is 7.11. The van der Waals surface area contributed by atoms with E-state index in [9.17, 15) is 4.79 Å². The highest BCUT2D eigenvalue weighted by Crippen LogP contribution is 2.36. The van der Waals surface area contributed by atoms with Crippen molar-refractivity contribution in [3.63, 3.8) is 0 Å². The minimum absolute atomic E-state index is 0.00909. The number of carbonyl (C=O) groups excluding carboxylic acids is 1. The molecule has 0 radical (unpaired) electrons. The smallest absolute Gasteiger partial charge is 0.243 e. The first-order chi connectivity index (χ1) is 16.1. The fourth-order valence-corrected chi connectivity index (χ4v) is 5.26. The SMILES string of the molecule is Cc1nsc(N[C@@H](CC(C)C)C(=O)NCC#N)c1-c1ccc(N2CCN(C(C)(C)C)CC2)cc1. The summed E-state index contributed by atoms with van der Waals surface area (Å²) >= 11 is 1.38. The molecule has 0 bridgehead atoms. The van der Waals surface area contributed by atoms with E-state index >= 15 is 0 Å². The van der Waals surface area contributed by atoms with E-state index in [4.69, 9.17) is 5.26 Å². The molecule has 8 heteroatoms. The summed E-state index contributed by atoms with van der Waals surface area (Å²) in [5, 5.41) is 15.8. The van der Waals surface area contributed by atoms with Gasteiger partial charge in [-0.05, 0) is 69.3 Å². The van der Waals surface area contributed by atoms with Gasteiger partial charge in [0.2, 0.25) is 5.91 Å². The molecule has 1 amide bonds. The lowest BCUT2D eigenvalue weighted by Gasteiger charge is -2.43. The van der Waals surface area contributed by atoms with Gasteiger partial charge in [0.15, 0.2) is 0 Å². The first-order valence-electron chi connectivity index (χ1n) is 12.1. The van der Waals surface area contributed by atoms with Gasteiger partial charge in [-0.2, -0.15) is 9.64 Å². The number of hydrogen-bond acceptors (Lipinski definition) is 7. The third-order valence-corrected chi connectivity index (χ3v) is 7.15. The average Bonchev–Trinajstić information content (AvgIpc) is 3.16. The van der Waals surface area contributed by atoms with E-state index in [1.807, 2.05) is 13.0 Å². The molecule has 2 heterocycles. The number of aromatic nitrogens is 1. The van der Waals surface area contributed by atoms with Gasteiger partial charge in [-0.3, -0.25) is 9.69 Å². The number of amides is 1. The van der Waals surface area contributed by atoms with Crippen LogP contribution in [-0.4, -0.2) is 59.5 Å². The molecule has 0 spiro atoms. The summed E-state index contributed by atoms with van der Waals surface area (Å²) in [5.41, 5.74) is 4.52. The maximum atomic E-state index is 12.7. The van der Waals surface area contributed by atoms with Crippen LogP contribution in [-0.2, 0) is 4.79 Å². The zero-order valence-corrected chi connectivity index (χ0v) is 22.1. The quantitative estimate of drug-likeness (QED) is 0.539. The van der Waals surface area contributed by atoms with Crippen molar-refractivity contribution >= 4 is 28.1 Å². The Kier molecular flexibility index (Phi) is 8.56. The Hall–Kier alpha value is -2.63. The van der Waals surface area contributed by atoms with Crippen LogP contribution in [0.2, 0.25) is 0 Å². The number of aryl methyl sites for hydroxylation is 1. The molecular weight excluding hydrogens is 444 g/mol. The molecule has 1 aliphatic rings. The second kappa shape index (κ2) is 11.2. The lowest BCUT2D eigenvalue weighted by Crippen LogP contribution is -2.53. The zero-order valence-electron chi connectivity index (χ0n) is 21.3. The Morgan fingerprint density at radius 3 is 2.38 bits per heavy atom. The van der Waals surface area contributed by atoms with E-state index in [1.165, 1.54) is 17.2 Å². The monoisotopic (exact) mass is 482 g/mol. The van der Waals surface area contributed by atoms with Gasteiger partial charge in [0, 0.05) is 43.0 Å². The molecular formula is C26H38N6OS. The molecule has 2 aromatic rings. The molecule has 2 N–H and O–H groups in total. The van der Waals surface area contributed by atoms with Gasteiger partial charge in [-0.1, -0.05) is 26.0 Å². The van der Waals surface area contributed by atoms with Crippen molar-refractivity contribution < 1.29 is 4.79 Å².